The molecule has 166 valence electrons. The molecule has 2 amide bonds. The van der Waals surface area contributed by atoms with E-state index in [1.807, 2.05) is 78.3 Å². The number of methoxy groups -OCH3 is 1. The zero-order chi connectivity index (χ0) is 22.9. The Balaban J connectivity index is 1.37. The third kappa shape index (κ3) is 3.93. The Labute approximate surface area is 191 Å². The highest BCUT2D eigenvalue weighted by molar-refractivity contribution is 6.04. The summed E-state index contributed by atoms with van der Waals surface area (Å²) >= 11 is 0. The first-order valence-electron chi connectivity index (χ1n) is 10.8. The van der Waals surface area contributed by atoms with Crippen molar-refractivity contribution in [2.45, 2.75) is 13.3 Å². The number of hydrogen-bond acceptors (Lipinski definition) is 4. The molecule has 4 aromatic rings. The molecule has 0 spiro atoms. The van der Waals surface area contributed by atoms with E-state index in [2.05, 4.69) is 5.32 Å². The van der Waals surface area contributed by atoms with E-state index >= 15 is 0 Å². The summed E-state index contributed by atoms with van der Waals surface area (Å²) in [7, 11) is 1.59. The molecule has 0 radical (unpaired) electrons. The van der Waals surface area contributed by atoms with Crippen LogP contribution in [-0.4, -0.2) is 34.9 Å². The van der Waals surface area contributed by atoms with Crippen molar-refractivity contribution in [3.8, 4) is 17.0 Å². The Kier molecular flexibility index (Phi) is 5.30. The molecule has 0 saturated carbocycles. The summed E-state index contributed by atoms with van der Waals surface area (Å²) in [5.41, 5.74) is 4.98. The van der Waals surface area contributed by atoms with Crippen LogP contribution in [0.2, 0.25) is 0 Å². The standard InChI is InChI=1S/C26H24N4O3/c1-17-7-6-12-29-16-23(27-25(17)29)21-10-3-4-11-22(21)28-26(32)18-13-24(31)30(15-18)19-8-5-9-20(14-19)33-2/h3-12,14,16,18H,13,15H2,1-2H3,(H,28,32). The van der Waals surface area contributed by atoms with E-state index in [9.17, 15) is 9.59 Å². The molecule has 3 heterocycles. The lowest BCUT2D eigenvalue weighted by Gasteiger charge is -2.17. The first-order valence-corrected chi connectivity index (χ1v) is 10.8. The number of ether oxygens (including phenoxy) is 1. The van der Waals surface area contributed by atoms with Crippen LogP contribution in [0.1, 0.15) is 12.0 Å². The second-order valence-corrected chi connectivity index (χ2v) is 8.19. The van der Waals surface area contributed by atoms with Crippen LogP contribution in [0.3, 0.4) is 0 Å². The lowest BCUT2D eigenvalue weighted by Crippen LogP contribution is -2.28. The number of aromatic nitrogens is 2. The van der Waals surface area contributed by atoms with Crippen molar-refractivity contribution < 1.29 is 14.3 Å². The van der Waals surface area contributed by atoms with Gasteiger partial charge in [0.1, 0.15) is 11.4 Å². The molecule has 0 aliphatic carbocycles. The minimum Gasteiger partial charge on any atom is -0.497 e. The minimum absolute atomic E-state index is 0.0764. The van der Waals surface area contributed by atoms with Crippen molar-refractivity contribution in [1.29, 1.82) is 0 Å². The molecular weight excluding hydrogens is 416 g/mol. The summed E-state index contributed by atoms with van der Waals surface area (Å²) in [5.74, 6) is -0.0291. The lowest BCUT2D eigenvalue weighted by atomic mass is 10.1. The molecule has 5 rings (SSSR count). The number of amides is 2. The quantitative estimate of drug-likeness (QED) is 0.502. The number of aryl methyl sites for hydroxylation is 1. The third-order valence-electron chi connectivity index (χ3n) is 6.00. The highest BCUT2D eigenvalue weighted by Gasteiger charge is 2.35. The van der Waals surface area contributed by atoms with Gasteiger partial charge in [-0.15, -0.1) is 0 Å². The zero-order valence-electron chi connectivity index (χ0n) is 18.5. The smallest absolute Gasteiger partial charge is 0.229 e. The molecule has 33 heavy (non-hydrogen) atoms. The number of anilines is 2. The van der Waals surface area contributed by atoms with Gasteiger partial charge in [0.25, 0.3) is 0 Å². The van der Waals surface area contributed by atoms with Crippen molar-refractivity contribution in [2.24, 2.45) is 5.92 Å². The Bertz CT molecular complexity index is 1360. The van der Waals surface area contributed by atoms with Crippen molar-refractivity contribution in [1.82, 2.24) is 9.38 Å². The van der Waals surface area contributed by atoms with Gasteiger partial charge in [-0.1, -0.05) is 30.3 Å². The highest BCUT2D eigenvalue weighted by Crippen LogP contribution is 2.31. The number of imidazole rings is 1. The summed E-state index contributed by atoms with van der Waals surface area (Å²) in [6.07, 6.45) is 4.08. The molecule has 1 saturated heterocycles. The molecule has 2 aromatic heterocycles. The number of rotatable bonds is 5. The number of nitrogens with zero attached hydrogens (tertiary/aromatic N) is 3. The van der Waals surface area contributed by atoms with E-state index in [0.29, 0.717) is 18.0 Å². The van der Waals surface area contributed by atoms with E-state index < -0.39 is 5.92 Å². The van der Waals surface area contributed by atoms with Crippen LogP contribution in [0.25, 0.3) is 16.9 Å². The van der Waals surface area contributed by atoms with Crippen molar-refractivity contribution in [3.63, 3.8) is 0 Å². The highest BCUT2D eigenvalue weighted by atomic mass is 16.5. The van der Waals surface area contributed by atoms with Crippen LogP contribution < -0.4 is 15.0 Å². The molecular formula is C26H24N4O3. The van der Waals surface area contributed by atoms with Crippen molar-refractivity contribution in [2.75, 3.05) is 23.9 Å². The van der Waals surface area contributed by atoms with E-state index in [4.69, 9.17) is 9.72 Å². The van der Waals surface area contributed by atoms with E-state index in [0.717, 1.165) is 28.2 Å². The Morgan fingerprint density at radius 2 is 1.97 bits per heavy atom. The first kappa shape index (κ1) is 20.8. The molecule has 1 N–H and O–H groups in total. The van der Waals surface area contributed by atoms with E-state index in [-0.39, 0.29) is 18.2 Å². The molecule has 1 aliphatic heterocycles. The molecule has 1 fully saturated rings. The maximum Gasteiger partial charge on any atom is 0.229 e. The van der Waals surface area contributed by atoms with Crippen LogP contribution in [0.5, 0.6) is 5.75 Å². The maximum atomic E-state index is 13.1. The number of para-hydroxylation sites is 1. The fourth-order valence-corrected chi connectivity index (χ4v) is 4.24. The van der Waals surface area contributed by atoms with Gasteiger partial charge >= 0.3 is 0 Å². The fourth-order valence-electron chi connectivity index (χ4n) is 4.24. The topological polar surface area (TPSA) is 75.9 Å². The number of nitrogens with one attached hydrogen (secondary N) is 1. The Hall–Kier alpha value is -4.13. The largest absolute Gasteiger partial charge is 0.497 e. The van der Waals surface area contributed by atoms with Gasteiger partial charge in [0.05, 0.1) is 24.4 Å². The van der Waals surface area contributed by atoms with Gasteiger partial charge in [-0.25, -0.2) is 4.98 Å². The molecule has 1 unspecified atom stereocenters. The number of carbonyl (C=O) groups is 2. The van der Waals surface area contributed by atoms with Crippen LogP contribution in [0.4, 0.5) is 11.4 Å². The monoisotopic (exact) mass is 440 g/mol. The number of benzene rings is 2. The summed E-state index contributed by atoms with van der Waals surface area (Å²) in [6.45, 7) is 2.35. The van der Waals surface area contributed by atoms with E-state index in [1.165, 1.54) is 0 Å². The molecule has 7 heteroatoms. The predicted octanol–water partition coefficient (Wildman–Crippen LogP) is 4.31. The summed E-state index contributed by atoms with van der Waals surface area (Å²) in [5, 5.41) is 3.03. The number of pyridine rings is 1. The summed E-state index contributed by atoms with van der Waals surface area (Å²) < 4.78 is 7.24. The Morgan fingerprint density at radius 3 is 2.79 bits per heavy atom. The van der Waals surface area contributed by atoms with Crippen LogP contribution >= 0.6 is 0 Å². The maximum absolute atomic E-state index is 13.1. The average molecular weight is 441 g/mol. The van der Waals surface area contributed by atoms with Gasteiger partial charge < -0.3 is 19.4 Å². The second-order valence-electron chi connectivity index (χ2n) is 8.19. The molecule has 2 aromatic carbocycles. The third-order valence-corrected chi connectivity index (χ3v) is 6.00. The van der Waals surface area contributed by atoms with Crippen LogP contribution in [0, 0.1) is 12.8 Å². The van der Waals surface area contributed by atoms with Crippen LogP contribution in [-0.2, 0) is 9.59 Å². The first-order chi connectivity index (χ1) is 16.0. The molecule has 7 nitrogen and oxygen atoms in total. The van der Waals surface area contributed by atoms with Gasteiger partial charge in [0, 0.05) is 42.7 Å². The van der Waals surface area contributed by atoms with E-state index in [1.54, 1.807) is 18.1 Å². The summed E-state index contributed by atoms with van der Waals surface area (Å²) in [6, 6.07) is 18.9. The summed E-state index contributed by atoms with van der Waals surface area (Å²) in [4.78, 5) is 32.2. The number of hydrogen-bond donors (Lipinski definition) is 1. The number of fused-ring (bicyclic) bond motifs is 1. The predicted molar refractivity (Wildman–Crippen MR) is 127 cm³/mol. The van der Waals surface area contributed by atoms with Gasteiger partial charge in [0.2, 0.25) is 11.8 Å². The van der Waals surface area contributed by atoms with Gasteiger partial charge in [-0.05, 0) is 36.8 Å². The molecule has 0 bridgehead atoms. The SMILES string of the molecule is COc1cccc(N2CC(C(=O)Nc3ccccc3-c3cn4cccc(C)c4n3)CC2=O)c1. The molecule has 1 atom stereocenters. The van der Waals surface area contributed by atoms with Crippen LogP contribution in [0.15, 0.2) is 73.1 Å². The van der Waals surface area contributed by atoms with Crippen molar-refractivity contribution in [3.05, 3.63) is 78.6 Å². The normalized spacial score (nSPS) is 15.8. The fraction of sp³-hybridized carbons (Fsp3) is 0.192. The Morgan fingerprint density at radius 1 is 1.12 bits per heavy atom. The average Bonchev–Trinajstić information content (AvgIpc) is 3.44. The minimum atomic E-state index is -0.444. The zero-order valence-corrected chi connectivity index (χ0v) is 18.5. The van der Waals surface area contributed by atoms with Crippen molar-refractivity contribution >= 4 is 28.8 Å². The molecule has 1 aliphatic rings. The lowest BCUT2D eigenvalue weighted by molar-refractivity contribution is -0.122. The second kappa shape index (κ2) is 8.43. The van der Waals surface area contributed by atoms with Gasteiger partial charge in [-0.2, -0.15) is 0 Å². The van der Waals surface area contributed by atoms with Gasteiger partial charge in [-0.3, -0.25) is 9.59 Å². The number of carbonyl (C=O) groups excluding carboxylic acids is 2. The van der Waals surface area contributed by atoms with Gasteiger partial charge in [0.15, 0.2) is 0 Å².